The van der Waals surface area contributed by atoms with E-state index in [4.69, 9.17) is 5.11 Å². The van der Waals surface area contributed by atoms with Crippen LogP contribution in [0.2, 0.25) is 0 Å². The van der Waals surface area contributed by atoms with E-state index in [9.17, 15) is 18.0 Å². The van der Waals surface area contributed by atoms with Gasteiger partial charge in [-0.25, -0.2) is 8.78 Å². The summed E-state index contributed by atoms with van der Waals surface area (Å²) < 4.78 is 40.6. The van der Waals surface area contributed by atoms with Crippen LogP contribution in [0.15, 0.2) is 24.3 Å². The van der Waals surface area contributed by atoms with Crippen molar-refractivity contribution in [3.05, 3.63) is 46.6 Å². The standard InChI is InChI=1S/C15H10F3NO2S/c16-7-5-9-8(1-4-13(20)21)15(11-2-3-12(18)22-11)19-14(9)10(17)6-7/h2-3,5-6,19H,1,4H2,(H,20,21). The van der Waals surface area contributed by atoms with Gasteiger partial charge in [-0.1, -0.05) is 0 Å². The van der Waals surface area contributed by atoms with E-state index in [-0.39, 0.29) is 23.7 Å². The van der Waals surface area contributed by atoms with Gasteiger partial charge in [0.15, 0.2) is 5.13 Å². The number of aromatic amines is 1. The maximum Gasteiger partial charge on any atom is 0.303 e. The Kier molecular flexibility index (Phi) is 3.66. The van der Waals surface area contributed by atoms with Crippen molar-refractivity contribution < 1.29 is 23.1 Å². The Balaban J connectivity index is 2.23. The molecule has 0 atom stereocenters. The number of benzene rings is 1. The Bertz CT molecular complexity index is 869. The van der Waals surface area contributed by atoms with Crippen LogP contribution in [0.5, 0.6) is 0 Å². The lowest BCUT2D eigenvalue weighted by atomic mass is 10.0. The van der Waals surface area contributed by atoms with Gasteiger partial charge in [0, 0.05) is 17.9 Å². The first kappa shape index (κ1) is 14.6. The summed E-state index contributed by atoms with van der Waals surface area (Å²) in [4.78, 5) is 14.1. The molecule has 0 aliphatic heterocycles. The average molecular weight is 325 g/mol. The van der Waals surface area contributed by atoms with Crippen molar-refractivity contribution in [2.24, 2.45) is 0 Å². The van der Waals surface area contributed by atoms with E-state index in [1.54, 1.807) is 0 Å². The molecule has 0 radical (unpaired) electrons. The van der Waals surface area contributed by atoms with Crippen molar-refractivity contribution in [3.63, 3.8) is 0 Å². The molecular weight excluding hydrogens is 315 g/mol. The van der Waals surface area contributed by atoms with Crippen molar-refractivity contribution in [2.75, 3.05) is 0 Å². The zero-order chi connectivity index (χ0) is 15.9. The molecule has 3 nitrogen and oxygen atoms in total. The lowest BCUT2D eigenvalue weighted by Crippen LogP contribution is -1.98. The summed E-state index contributed by atoms with van der Waals surface area (Å²) in [6.07, 6.45) is -0.0982. The summed E-state index contributed by atoms with van der Waals surface area (Å²) in [5, 5.41) is 8.71. The number of hydrogen-bond acceptors (Lipinski definition) is 2. The number of carbonyl (C=O) groups is 1. The van der Waals surface area contributed by atoms with Gasteiger partial charge in [-0.05, 0) is 30.2 Å². The van der Waals surface area contributed by atoms with E-state index in [0.29, 0.717) is 16.1 Å². The Morgan fingerprint density at radius 1 is 1.23 bits per heavy atom. The Morgan fingerprint density at radius 3 is 2.64 bits per heavy atom. The number of aryl methyl sites for hydroxylation is 1. The summed E-state index contributed by atoms with van der Waals surface area (Å²) in [7, 11) is 0. The number of hydrogen-bond donors (Lipinski definition) is 2. The molecule has 0 saturated carbocycles. The largest absolute Gasteiger partial charge is 0.481 e. The highest BCUT2D eigenvalue weighted by Crippen LogP contribution is 2.36. The minimum atomic E-state index is -1.02. The topological polar surface area (TPSA) is 53.1 Å². The minimum Gasteiger partial charge on any atom is -0.481 e. The van der Waals surface area contributed by atoms with Crippen molar-refractivity contribution in [2.45, 2.75) is 12.8 Å². The molecule has 0 saturated heterocycles. The smallest absolute Gasteiger partial charge is 0.303 e. The molecule has 0 aliphatic rings. The number of nitrogens with one attached hydrogen (secondary N) is 1. The number of thiophene rings is 1. The maximum atomic E-state index is 13.9. The van der Waals surface area contributed by atoms with E-state index in [1.807, 2.05) is 0 Å². The second-order valence-electron chi connectivity index (χ2n) is 4.79. The van der Waals surface area contributed by atoms with Crippen LogP contribution in [0.4, 0.5) is 13.2 Å². The Labute approximate surface area is 127 Å². The van der Waals surface area contributed by atoms with Crippen LogP contribution in [0.3, 0.4) is 0 Å². The highest BCUT2D eigenvalue weighted by atomic mass is 32.1. The molecule has 0 bridgehead atoms. The van der Waals surface area contributed by atoms with E-state index in [2.05, 4.69) is 4.98 Å². The van der Waals surface area contributed by atoms with E-state index >= 15 is 0 Å². The molecule has 0 aliphatic carbocycles. The van der Waals surface area contributed by atoms with Crippen molar-refractivity contribution >= 4 is 28.2 Å². The minimum absolute atomic E-state index is 0.0885. The van der Waals surface area contributed by atoms with Gasteiger partial charge in [-0.2, -0.15) is 4.39 Å². The third-order valence-corrected chi connectivity index (χ3v) is 4.23. The van der Waals surface area contributed by atoms with Crippen LogP contribution in [-0.4, -0.2) is 16.1 Å². The first-order valence-corrected chi connectivity index (χ1v) is 7.24. The molecule has 2 heterocycles. The van der Waals surface area contributed by atoms with Crippen LogP contribution in [0.25, 0.3) is 21.5 Å². The molecule has 114 valence electrons. The van der Waals surface area contributed by atoms with E-state index in [1.165, 1.54) is 12.1 Å². The fourth-order valence-corrected chi connectivity index (χ4v) is 3.18. The van der Waals surface area contributed by atoms with Crippen LogP contribution in [0.1, 0.15) is 12.0 Å². The first-order valence-electron chi connectivity index (χ1n) is 6.43. The predicted octanol–water partition coefficient (Wildman–Crippen LogP) is 4.33. The summed E-state index contributed by atoms with van der Waals surface area (Å²) >= 11 is 0.853. The van der Waals surface area contributed by atoms with Gasteiger partial charge >= 0.3 is 5.97 Å². The fourth-order valence-electron chi connectivity index (χ4n) is 2.42. The number of carboxylic acid groups (broad SMARTS) is 1. The lowest BCUT2D eigenvalue weighted by molar-refractivity contribution is -0.136. The average Bonchev–Trinajstić information content (AvgIpc) is 3.00. The number of H-pyrrole nitrogens is 1. The third-order valence-electron chi connectivity index (χ3n) is 3.34. The van der Waals surface area contributed by atoms with E-state index in [0.717, 1.165) is 23.5 Å². The van der Waals surface area contributed by atoms with Gasteiger partial charge in [-0.3, -0.25) is 4.79 Å². The van der Waals surface area contributed by atoms with Crippen LogP contribution < -0.4 is 0 Å². The molecule has 2 N–H and O–H groups in total. The zero-order valence-corrected chi connectivity index (χ0v) is 11.9. The molecule has 2 aromatic heterocycles. The fraction of sp³-hybridized carbons (Fsp3) is 0.133. The van der Waals surface area contributed by atoms with Gasteiger partial charge in [0.25, 0.3) is 0 Å². The number of rotatable bonds is 4. The van der Waals surface area contributed by atoms with Crippen LogP contribution >= 0.6 is 11.3 Å². The van der Waals surface area contributed by atoms with E-state index < -0.39 is 22.7 Å². The number of halogens is 3. The predicted molar refractivity (Wildman–Crippen MR) is 77.4 cm³/mol. The monoisotopic (exact) mass is 325 g/mol. The third kappa shape index (κ3) is 2.59. The van der Waals surface area contributed by atoms with Gasteiger partial charge in [-0.15, -0.1) is 11.3 Å². The Hall–Kier alpha value is -2.28. The zero-order valence-electron chi connectivity index (χ0n) is 11.1. The molecule has 0 fully saturated rings. The molecule has 0 spiro atoms. The SMILES string of the molecule is O=C(O)CCc1c(-c2ccc(F)s2)[nH]c2c(F)cc(F)cc12. The summed E-state index contributed by atoms with van der Waals surface area (Å²) in [6.45, 7) is 0. The number of aromatic nitrogens is 1. The second kappa shape index (κ2) is 5.49. The van der Waals surface area contributed by atoms with Crippen molar-refractivity contribution in [1.82, 2.24) is 4.98 Å². The number of aliphatic carboxylic acids is 1. The van der Waals surface area contributed by atoms with Crippen LogP contribution in [0, 0.1) is 16.8 Å². The Morgan fingerprint density at radius 2 is 2.00 bits per heavy atom. The molecule has 1 aromatic carbocycles. The second-order valence-corrected chi connectivity index (χ2v) is 5.82. The van der Waals surface area contributed by atoms with Gasteiger partial charge in [0.05, 0.1) is 16.1 Å². The highest BCUT2D eigenvalue weighted by Gasteiger charge is 2.19. The molecule has 7 heteroatoms. The quantitative estimate of drug-likeness (QED) is 0.750. The molecule has 3 rings (SSSR count). The number of carboxylic acids is 1. The molecule has 3 aromatic rings. The normalized spacial score (nSPS) is 11.2. The van der Waals surface area contributed by atoms with Gasteiger partial charge < -0.3 is 10.1 Å². The summed E-state index contributed by atoms with van der Waals surface area (Å²) in [6, 6.07) is 4.69. The molecular formula is C15H10F3NO2S. The molecule has 0 amide bonds. The lowest BCUT2D eigenvalue weighted by Gasteiger charge is -2.01. The van der Waals surface area contributed by atoms with Crippen molar-refractivity contribution in [1.29, 1.82) is 0 Å². The first-order chi connectivity index (χ1) is 10.5. The maximum absolute atomic E-state index is 13.9. The summed E-state index contributed by atoms with van der Waals surface area (Å²) in [5.74, 6) is -2.53. The van der Waals surface area contributed by atoms with Gasteiger partial charge in [0.2, 0.25) is 0 Å². The molecule has 0 unspecified atom stereocenters. The highest BCUT2D eigenvalue weighted by molar-refractivity contribution is 7.13. The van der Waals surface area contributed by atoms with Crippen molar-refractivity contribution in [3.8, 4) is 10.6 Å². The number of fused-ring (bicyclic) bond motifs is 1. The molecule has 22 heavy (non-hydrogen) atoms. The van der Waals surface area contributed by atoms with Crippen LogP contribution in [-0.2, 0) is 11.2 Å². The van der Waals surface area contributed by atoms with Gasteiger partial charge in [0.1, 0.15) is 11.6 Å². The summed E-state index contributed by atoms with van der Waals surface area (Å²) in [5.41, 5.74) is 0.984.